The number of hydrogen-bond donors (Lipinski definition) is 1. The first-order valence-corrected chi connectivity index (χ1v) is 12.0. The molecule has 9 heteroatoms. The summed E-state index contributed by atoms with van der Waals surface area (Å²) in [5.74, 6) is 0.707. The third-order valence-electron chi connectivity index (χ3n) is 7.42. The smallest absolute Gasteiger partial charge is 0.241 e. The van der Waals surface area contributed by atoms with Crippen molar-refractivity contribution in [3.05, 3.63) is 36.7 Å². The van der Waals surface area contributed by atoms with E-state index in [-0.39, 0.29) is 0 Å². The Labute approximate surface area is 193 Å². The molecule has 0 amide bonds. The van der Waals surface area contributed by atoms with E-state index in [1.165, 1.54) is 51.9 Å². The number of anilines is 1. The number of fused-ring (bicyclic) bond motifs is 2. The Morgan fingerprint density at radius 2 is 1.76 bits per heavy atom. The zero-order chi connectivity index (χ0) is 22.4. The van der Waals surface area contributed by atoms with Crippen molar-refractivity contribution in [2.24, 2.45) is 7.05 Å². The molecule has 33 heavy (non-hydrogen) atoms. The molecule has 172 valence electrons. The van der Waals surface area contributed by atoms with Gasteiger partial charge in [-0.1, -0.05) is 11.3 Å². The van der Waals surface area contributed by atoms with Crippen LogP contribution >= 0.6 is 0 Å². The van der Waals surface area contributed by atoms with Crippen molar-refractivity contribution < 1.29 is 0 Å². The standard InChI is InChI=1S/C24H31N9/c1-30-11-13-32(14-12-30)19-6-4-18(5-7-19)26-24-25-16-23-20(9-10-33(23)28-24)17-3-8-21-22(15-17)31(2)29-27-21/h3,8-10,15-16,18-19H,4-7,11-14H2,1-2H3,(H,26,28)/t18-,19-. The van der Waals surface area contributed by atoms with Gasteiger partial charge in [0.2, 0.25) is 5.95 Å². The van der Waals surface area contributed by atoms with Gasteiger partial charge in [0.05, 0.1) is 17.2 Å². The SMILES string of the molecule is CN1CCN([C@H]2CC[C@H](Nc3ncc4c(-c5ccc6nnn(C)c6c5)ccn4n3)CC2)CC1. The van der Waals surface area contributed by atoms with Gasteiger partial charge in [-0.2, -0.15) is 0 Å². The van der Waals surface area contributed by atoms with Gasteiger partial charge in [0, 0.05) is 57.1 Å². The summed E-state index contributed by atoms with van der Waals surface area (Å²) in [7, 11) is 4.14. The van der Waals surface area contributed by atoms with Gasteiger partial charge >= 0.3 is 0 Å². The van der Waals surface area contributed by atoms with Crippen LogP contribution in [-0.2, 0) is 7.05 Å². The monoisotopic (exact) mass is 445 g/mol. The van der Waals surface area contributed by atoms with Gasteiger partial charge in [-0.3, -0.25) is 4.90 Å². The van der Waals surface area contributed by atoms with E-state index in [1.807, 2.05) is 30.0 Å². The summed E-state index contributed by atoms with van der Waals surface area (Å²) in [5, 5.41) is 16.6. The molecule has 1 aromatic carbocycles. The predicted octanol–water partition coefficient (Wildman–Crippen LogP) is 2.65. The van der Waals surface area contributed by atoms with Crippen molar-refractivity contribution in [2.45, 2.75) is 37.8 Å². The quantitative estimate of drug-likeness (QED) is 0.517. The summed E-state index contributed by atoms with van der Waals surface area (Å²) in [4.78, 5) is 9.78. The lowest BCUT2D eigenvalue weighted by Crippen LogP contribution is -2.50. The summed E-state index contributed by atoms with van der Waals surface area (Å²) in [6.07, 6.45) is 8.78. The van der Waals surface area contributed by atoms with Gasteiger partial charge in [0.1, 0.15) is 5.52 Å². The normalized spacial score (nSPS) is 22.8. The number of rotatable bonds is 4. The molecule has 9 nitrogen and oxygen atoms in total. The van der Waals surface area contributed by atoms with Gasteiger partial charge in [-0.15, -0.1) is 10.2 Å². The van der Waals surface area contributed by atoms with Crippen LogP contribution in [0.1, 0.15) is 25.7 Å². The van der Waals surface area contributed by atoms with Crippen LogP contribution in [0.3, 0.4) is 0 Å². The average Bonchev–Trinajstić information content (AvgIpc) is 3.43. The Balaban J connectivity index is 1.14. The summed E-state index contributed by atoms with van der Waals surface area (Å²) in [6, 6.07) is 9.49. The van der Waals surface area contributed by atoms with Crippen molar-refractivity contribution in [1.29, 1.82) is 0 Å². The third-order valence-corrected chi connectivity index (χ3v) is 7.42. The second-order valence-electron chi connectivity index (χ2n) is 9.55. The number of aromatic nitrogens is 6. The van der Waals surface area contributed by atoms with Crippen LogP contribution in [0.2, 0.25) is 0 Å². The van der Waals surface area contributed by atoms with Gasteiger partial charge in [0.25, 0.3) is 0 Å². The largest absolute Gasteiger partial charge is 0.350 e. The maximum atomic E-state index is 4.75. The molecule has 0 radical (unpaired) electrons. The van der Waals surface area contributed by atoms with Crippen LogP contribution in [0.5, 0.6) is 0 Å². The molecule has 0 bridgehead atoms. The highest BCUT2D eigenvalue weighted by Crippen LogP contribution is 2.29. The number of nitrogens with one attached hydrogen (secondary N) is 1. The molecule has 1 saturated heterocycles. The highest BCUT2D eigenvalue weighted by molar-refractivity contribution is 5.87. The average molecular weight is 446 g/mol. The maximum Gasteiger partial charge on any atom is 0.241 e. The second kappa shape index (κ2) is 8.39. The second-order valence-corrected chi connectivity index (χ2v) is 9.55. The van der Waals surface area contributed by atoms with Crippen LogP contribution < -0.4 is 5.32 Å². The van der Waals surface area contributed by atoms with Crippen LogP contribution in [0.4, 0.5) is 5.95 Å². The lowest BCUT2D eigenvalue weighted by Gasteiger charge is -2.41. The van der Waals surface area contributed by atoms with Gasteiger partial charge < -0.3 is 10.2 Å². The fraction of sp³-hybridized carbons (Fsp3) is 0.500. The van der Waals surface area contributed by atoms with Crippen molar-refractivity contribution in [2.75, 3.05) is 38.5 Å². The molecule has 0 atom stereocenters. The van der Waals surface area contributed by atoms with Crippen molar-refractivity contribution in [3.8, 4) is 11.1 Å². The topological polar surface area (TPSA) is 79.4 Å². The Morgan fingerprint density at radius 1 is 0.939 bits per heavy atom. The number of benzene rings is 1. The number of hydrogen-bond acceptors (Lipinski definition) is 7. The lowest BCUT2D eigenvalue weighted by atomic mass is 9.90. The summed E-state index contributed by atoms with van der Waals surface area (Å²) < 4.78 is 3.72. The van der Waals surface area contributed by atoms with E-state index in [0.29, 0.717) is 12.0 Å². The first-order chi connectivity index (χ1) is 16.1. The molecule has 2 aliphatic rings. The molecule has 0 spiro atoms. The summed E-state index contributed by atoms with van der Waals surface area (Å²) in [5.41, 5.74) is 5.13. The van der Waals surface area contributed by atoms with E-state index < -0.39 is 0 Å². The van der Waals surface area contributed by atoms with E-state index in [1.54, 1.807) is 4.68 Å². The van der Waals surface area contributed by atoms with Crippen LogP contribution in [0, 0.1) is 0 Å². The molecular weight excluding hydrogens is 414 g/mol. The molecule has 1 aliphatic heterocycles. The van der Waals surface area contributed by atoms with Crippen LogP contribution in [0.15, 0.2) is 36.7 Å². The minimum absolute atomic E-state index is 0.445. The molecule has 3 aromatic heterocycles. The highest BCUT2D eigenvalue weighted by atomic mass is 15.4. The van der Waals surface area contributed by atoms with E-state index >= 15 is 0 Å². The highest BCUT2D eigenvalue weighted by Gasteiger charge is 2.28. The van der Waals surface area contributed by atoms with Crippen molar-refractivity contribution in [3.63, 3.8) is 0 Å². The molecule has 2 fully saturated rings. The molecule has 6 rings (SSSR count). The Bertz CT molecular complexity index is 1260. The van der Waals surface area contributed by atoms with Gasteiger partial charge in [0.15, 0.2) is 0 Å². The fourth-order valence-corrected chi connectivity index (χ4v) is 5.36. The number of likely N-dealkylation sites (N-methyl/N-ethyl adjacent to an activating group) is 1. The first-order valence-electron chi connectivity index (χ1n) is 12.0. The van der Waals surface area contributed by atoms with E-state index in [2.05, 4.69) is 55.7 Å². The number of piperazine rings is 1. The minimum atomic E-state index is 0.445. The van der Waals surface area contributed by atoms with E-state index in [4.69, 9.17) is 5.10 Å². The zero-order valence-corrected chi connectivity index (χ0v) is 19.4. The summed E-state index contributed by atoms with van der Waals surface area (Å²) >= 11 is 0. The zero-order valence-electron chi connectivity index (χ0n) is 19.4. The van der Waals surface area contributed by atoms with Gasteiger partial charge in [-0.25, -0.2) is 14.2 Å². The third kappa shape index (κ3) is 3.95. The number of nitrogens with zero attached hydrogens (tertiary/aromatic N) is 8. The Morgan fingerprint density at radius 3 is 2.58 bits per heavy atom. The van der Waals surface area contributed by atoms with Crippen molar-refractivity contribution >= 4 is 22.5 Å². The van der Waals surface area contributed by atoms with E-state index in [0.717, 1.165) is 33.7 Å². The molecule has 0 unspecified atom stereocenters. The van der Waals surface area contributed by atoms with Crippen LogP contribution in [0.25, 0.3) is 27.7 Å². The number of aryl methyl sites for hydroxylation is 1. The van der Waals surface area contributed by atoms with Crippen LogP contribution in [-0.4, -0.2) is 84.7 Å². The fourth-order valence-electron chi connectivity index (χ4n) is 5.36. The molecule has 1 saturated carbocycles. The van der Waals surface area contributed by atoms with Crippen molar-refractivity contribution in [1.82, 2.24) is 39.4 Å². The summed E-state index contributed by atoms with van der Waals surface area (Å²) in [6.45, 7) is 4.80. The van der Waals surface area contributed by atoms with E-state index in [9.17, 15) is 0 Å². The molecule has 1 aliphatic carbocycles. The Kier molecular flexibility index (Phi) is 5.22. The van der Waals surface area contributed by atoms with Gasteiger partial charge in [-0.05, 0) is 56.5 Å². The first kappa shape index (κ1) is 20.6. The maximum absolute atomic E-state index is 4.75. The minimum Gasteiger partial charge on any atom is -0.350 e. The molecule has 4 heterocycles. The predicted molar refractivity (Wildman–Crippen MR) is 129 cm³/mol. The molecular formula is C24H31N9. The molecule has 4 aromatic rings. The lowest BCUT2D eigenvalue weighted by molar-refractivity contribution is 0.0893. The molecule has 1 N–H and O–H groups in total. The Hall–Kier alpha value is -3.04.